The second kappa shape index (κ2) is 7.30. The van der Waals surface area contributed by atoms with Gasteiger partial charge in [0.1, 0.15) is 5.75 Å². The van der Waals surface area contributed by atoms with Crippen LogP contribution in [0.25, 0.3) is 0 Å². The van der Waals surface area contributed by atoms with Crippen molar-refractivity contribution in [2.75, 3.05) is 13.2 Å². The maximum atomic E-state index is 5.76. The molecular weight excluding hydrogens is 302 g/mol. The number of ether oxygens (including phenoxy) is 1. The lowest BCUT2D eigenvalue weighted by Crippen LogP contribution is -2.29. The summed E-state index contributed by atoms with van der Waals surface area (Å²) in [4.78, 5) is 0. The standard InChI is InChI=1S/C16H26BrNO/c1-6-19-15-8-7-13(17)11-14(15)16(4,5)9-10-18-12(2)3/h7-8,11-12,18H,6,9-10H2,1-5H3. The van der Waals surface area contributed by atoms with Gasteiger partial charge in [0.2, 0.25) is 0 Å². The van der Waals surface area contributed by atoms with E-state index in [4.69, 9.17) is 4.74 Å². The van der Waals surface area contributed by atoms with E-state index in [0.29, 0.717) is 12.6 Å². The molecule has 1 aromatic rings. The monoisotopic (exact) mass is 327 g/mol. The quantitative estimate of drug-likeness (QED) is 0.795. The van der Waals surface area contributed by atoms with E-state index in [-0.39, 0.29) is 5.41 Å². The second-order valence-corrected chi connectivity index (χ2v) is 6.73. The molecule has 2 nitrogen and oxygen atoms in total. The number of nitrogens with one attached hydrogen (secondary N) is 1. The summed E-state index contributed by atoms with van der Waals surface area (Å²) in [6.45, 7) is 12.7. The van der Waals surface area contributed by atoms with Crippen LogP contribution in [-0.2, 0) is 5.41 Å². The van der Waals surface area contributed by atoms with Crippen LogP contribution in [0.2, 0.25) is 0 Å². The van der Waals surface area contributed by atoms with Crippen molar-refractivity contribution in [1.29, 1.82) is 0 Å². The number of hydrogen-bond acceptors (Lipinski definition) is 2. The molecule has 0 saturated carbocycles. The zero-order chi connectivity index (χ0) is 14.5. The average molecular weight is 328 g/mol. The van der Waals surface area contributed by atoms with Crippen LogP contribution in [0.15, 0.2) is 22.7 Å². The SMILES string of the molecule is CCOc1ccc(Br)cc1C(C)(C)CCNC(C)C. The van der Waals surface area contributed by atoms with Gasteiger partial charge in [-0.25, -0.2) is 0 Å². The third-order valence-electron chi connectivity index (χ3n) is 3.27. The van der Waals surface area contributed by atoms with Crippen molar-refractivity contribution in [3.63, 3.8) is 0 Å². The highest BCUT2D eigenvalue weighted by Gasteiger charge is 2.24. The molecule has 0 unspecified atom stereocenters. The summed E-state index contributed by atoms with van der Waals surface area (Å²) in [6, 6.07) is 6.81. The molecule has 0 aliphatic rings. The molecule has 3 heteroatoms. The van der Waals surface area contributed by atoms with Crippen LogP contribution in [0.1, 0.15) is 46.6 Å². The van der Waals surface area contributed by atoms with E-state index in [1.165, 1.54) is 5.56 Å². The van der Waals surface area contributed by atoms with Crippen molar-refractivity contribution in [2.24, 2.45) is 0 Å². The molecule has 0 aromatic heterocycles. The van der Waals surface area contributed by atoms with Crippen molar-refractivity contribution in [2.45, 2.75) is 52.5 Å². The lowest BCUT2D eigenvalue weighted by Gasteiger charge is -2.28. The molecule has 1 aromatic carbocycles. The van der Waals surface area contributed by atoms with Gasteiger partial charge in [0.05, 0.1) is 6.61 Å². The van der Waals surface area contributed by atoms with E-state index in [9.17, 15) is 0 Å². The van der Waals surface area contributed by atoms with Gasteiger partial charge in [-0.1, -0.05) is 43.6 Å². The lowest BCUT2D eigenvalue weighted by molar-refractivity contribution is 0.324. The van der Waals surface area contributed by atoms with Crippen LogP contribution in [0.5, 0.6) is 5.75 Å². The molecule has 0 aliphatic carbocycles. The van der Waals surface area contributed by atoms with E-state index < -0.39 is 0 Å². The van der Waals surface area contributed by atoms with Gasteiger partial charge >= 0.3 is 0 Å². The molecule has 1 rings (SSSR count). The smallest absolute Gasteiger partial charge is 0.123 e. The Morgan fingerprint density at radius 1 is 1.32 bits per heavy atom. The van der Waals surface area contributed by atoms with E-state index >= 15 is 0 Å². The summed E-state index contributed by atoms with van der Waals surface area (Å²) < 4.78 is 6.87. The molecule has 0 radical (unpaired) electrons. The Morgan fingerprint density at radius 3 is 2.58 bits per heavy atom. The Labute approximate surface area is 126 Å². The van der Waals surface area contributed by atoms with Gasteiger partial charge in [-0.15, -0.1) is 0 Å². The zero-order valence-electron chi connectivity index (χ0n) is 12.7. The minimum Gasteiger partial charge on any atom is -0.494 e. The number of halogens is 1. The summed E-state index contributed by atoms with van der Waals surface area (Å²) in [5, 5.41) is 3.48. The molecular formula is C16H26BrNO. The van der Waals surface area contributed by atoms with Gasteiger partial charge in [-0.3, -0.25) is 0 Å². The van der Waals surface area contributed by atoms with Crippen LogP contribution < -0.4 is 10.1 Å². The van der Waals surface area contributed by atoms with Crippen LogP contribution in [-0.4, -0.2) is 19.2 Å². The van der Waals surface area contributed by atoms with E-state index in [1.54, 1.807) is 0 Å². The first-order valence-electron chi connectivity index (χ1n) is 7.03. The highest BCUT2D eigenvalue weighted by atomic mass is 79.9. The summed E-state index contributed by atoms with van der Waals surface area (Å²) in [5.74, 6) is 1.00. The number of hydrogen-bond donors (Lipinski definition) is 1. The molecule has 0 amide bonds. The third kappa shape index (κ3) is 5.15. The maximum absolute atomic E-state index is 5.76. The molecule has 0 atom stereocenters. The molecule has 0 fully saturated rings. The zero-order valence-corrected chi connectivity index (χ0v) is 14.3. The van der Waals surface area contributed by atoms with E-state index in [0.717, 1.165) is 23.2 Å². The van der Waals surface area contributed by atoms with Gasteiger partial charge < -0.3 is 10.1 Å². The van der Waals surface area contributed by atoms with Crippen molar-refractivity contribution in [3.05, 3.63) is 28.2 Å². The fourth-order valence-electron chi connectivity index (χ4n) is 2.12. The first kappa shape index (κ1) is 16.5. The molecule has 1 N–H and O–H groups in total. The molecule has 0 bridgehead atoms. The molecule has 0 aliphatic heterocycles. The fourth-order valence-corrected chi connectivity index (χ4v) is 2.48. The fraction of sp³-hybridized carbons (Fsp3) is 0.625. The van der Waals surface area contributed by atoms with Crippen LogP contribution in [0.4, 0.5) is 0 Å². The predicted octanol–water partition coefficient (Wildman–Crippen LogP) is 4.51. The summed E-state index contributed by atoms with van der Waals surface area (Å²) in [7, 11) is 0. The van der Waals surface area contributed by atoms with Crippen molar-refractivity contribution < 1.29 is 4.74 Å². The number of rotatable bonds is 7. The number of benzene rings is 1. The Hall–Kier alpha value is -0.540. The van der Waals surface area contributed by atoms with Gasteiger partial charge in [0.25, 0.3) is 0 Å². The molecule has 0 saturated heterocycles. The molecule has 0 heterocycles. The van der Waals surface area contributed by atoms with Crippen LogP contribution in [0.3, 0.4) is 0 Å². The Kier molecular flexibility index (Phi) is 6.34. The predicted molar refractivity (Wildman–Crippen MR) is 86.1 cm³/mol. The third-order valence-corrected chi connectivity index (χ3v) is 3.77. The minimum absolute atomic E-state index is 0.0934. The molecule has 0 spiro atoms. The summed E-state index contributed by atoms with van der Waals surface area (Å²) in [5.41, 5.74) is 1.37. The summed E-state index contributed by atoms with van der Waals surface area (Å²) in [6.07, 6.45) is 1.09. The maximum Gasteiger partial charge on any atom is 0.123 e. The largest absolute Gasteiger partial charge is 0.494 e. The lowest BCUT2D eigenvalue weighted by atomic mass is 9.81. The highest BCUT2D eigenvalue weighted by Crippen LogP contribution is 2.36. The van der Waals surface area contributed by atoms with Crippen molar-refractivity contribution >= 4 is 15.9 Å². The molecule has 19 heavy (non-hydrogen) atoms. The topological polar surface area (TPSA) is 21.3 Å². The van der Waals surface area contributed by atoms with Gasteiger partial charge in [-0.05, 0) is 43.5 Å². The first-order valence-corrected chi connectivity index (χ1v) is 7.82. The van der Waals surface area contributed by atoms with Crippen LogP contribution in [0, 0.1) is 0 Å². The first-order chi connectivity index (χ1) is 8.86. The van der Waals surface area contributed by atoms with Crippen LogP contribution >= 0.6 is 15.9 Å². The van der Waals surface area contributed by atoms with Gasteiger partial charge in [0.15, 0.2) is 0 Å². The minimum atomic E-state index is 0.0934. The second-order valence-electron chi connectivity index (χ2n) is 5.82. The Balaban J connectivity index is 2.88. The van der Waals surface area contributed by atoms with Crippen molar-refractivity contribution in [3.8, 4) is 5.75 Å². The normalized spacial score (nSPS) is 11.9. The Morgan fingerprint density at radius 2 is 2.00 bits per heavy atom. The van der Waals surface area contributed by atoms with Gasteiger partial charge in [-0.2, -0.15) is 0 Å². The van der Waals surface area contributed by atoms with E-state index in [1.807, 2.05) is 13.0 Å². The Bertz CT molecular complexity index is 402. The molecule has 108 valence electrons. The summed E-state index contributed by atoms with van der Waals surface area (Å²) >= 11 is 3.56. The van der Waals surface area contributed by atoms with Gasteiger partial charge in [0, 0.05) is 16.1 Å². The van der Waals surface area contributed by atoms with E-state index in [2.05, 4.69) is 61.1 Å². The van der Waals surface area contributed by atoms with Crippen molar-refractivity contribution in [1.82, 2.24) is 5.32 Å². The average Bonchev–Trinajstić information content (AvgIpc) is 2.31. The highest BCUT2D eigenvalue weighted by molar-refractivity contribution is 9.10.